The van der Waals surface area contributed by atoms with Crippen LogP contribution in [0.2, 0.25) is 0 Å². The molecule has 0 heterocycles. The van der Waals surface area contributed by atoms with E-state index in [0.717, 1.165) is 18.4 Å². The zero-order chi connectivity index (χ0) is 23.7. The molecule has 0 fully saturated rings. The van der Waals surface area contributed by atoms with E-state index in [-0.39, 0.29) is 23.8 Å². The standard InChI is InChI=1S/C28H41NO4/c1-2-3-4-5-6-7-8-9-10-11-12-13-17-20-25-21-28(26(29(31)32)22-27(25)30)33-23-24-18-15-14-16-19-24/h14-16,18-19,21-22,30H,2-13,17,20,23H2,1H3. The average Bonchev–Trinajstić information content (AvgIpc) is 2.82. The number of hydrogen-bond donors (Lipinski definition) is 1. The van der Waals surface area contributed by atoms with Crippen LogP contribution in [0.25, 0.3) is 0 Å². The van der Waals surface area contributed by atoms with E-state index in [1.54, 1.807) is 6.07 Å². The third-order valence-electron chi connectivity index (χ3n) is 6.14. The van der Waals surface area contributed by atoms with Gasteiger partial charge >= 0.3 is 5.69 Å². The fraction of sp³-hybridized carbons (Fsp3) is 0.571. The van der Waals surface area contributed by atoms with Gasteiger partial charge in [-0.25, -0.2) is 0 Å². The summed E-state index contributed by atoms with van der Waals surface area (Å²) in [6.07, 6.45) is 17.4. The summed E-state index contributed by atoms with van der Waals surface area (Å²) in [5.74, 6) is 0.194. The Kier molecular flexibility index (Phi) is 13.0. The third kappa shape index (κ3) is 10.7. The molecule has 0 unspecified atom stereocenters. The number of unbranched alkanes of at least 4 members (excludes halogenated alkanes) is 12. The first-order valence-corrected chi connectivity index (χ1v) is 12.8. The highest BCUT2D eigenvalue weighted by atomic mass is 16.6. The van der Waals surface area contributed by atoms with Crippen LogP contribution in [0.4, 0.5) is 5.69 Å². The van der Waals surface area contributed by atoms with Gasteiger partial charge in [-0.1, -0.05) is 114 Å². The zero-order valence-corrected chi connectivity index (χ0v) is 20.3. The van der Waals surface area contributed by atoms with Crippen molar-refractivity contribution in [2.75, 3.05) is 0 Å². The van der Waals surface area contributed by atoms with E-state index in [9.17, 15) is 15.2 Å². The average molecular weight is 456 g/mol. The number of nitrogens with zero attached hydrogens (tertiary/aromatic N) is 1. The lowest BCUT2D eigenvalue weighted by atomic mass is 10.0. The van der Waals surface area contributed by atoms with Gasteiger partial charge < -0.3 is 9.84 Å². The molecule has 0 saturated heterocycles. The van der Waals surface area contributed by atoms with Crippen LogP contribution in [0.5, 0.6) is 11.5 Å². The highest BCUT2D eigenvalue weighted by Crippen LogP contribution is 2.35. The maximum absolute atomic E-state index is 11.4. The molecule has 0 radical (unpaired) electrons. The number of phenolic OH excluding ortho intramolecular Hbond substituents is 1. The van der Waals surface area contributed by atoms with Gasteiger partial charge in [0, 0.05) is 0 Å². The number of nitro groups is 1. The molecular formula is C28H41NO4. The lowest BCUT2D eigenvalue weighted by molar-refractivity contribution is -0.386. The molecule has 0 aliphatic rings. The Morgan fingerprint density at radius 3 is 1.91 bits per heavy atom. The molecular weight excluding hydrogens is 414 g/mol. The van der Waals surface area contributed by atoms with Gasteiger partial charge in [-0.3, -0.25) is 10.1 Å². The fourth-order valence-corrected chi connectivity index (χ4v) is 4.13. The van der Waals surface area contributed by atoms with E-state index in [4.69, 9.17) is 4.74 Å². The monoisotopic (exact) mass is 455 g/mol. The first-order chi connectivity index (χ1) is 16.1. The number of aromatic hydroxyl groups is 1. The number of ether oxygens (including phenoxy) is 1. The van der Waals surface area contributed by atoms with Gasteiger partial charge in [-0.05, 0) is 30.0 Å². The lowest BCUT2D eigenvalue weighted by Crippen LogP contribution is -2.00. The Morgan fingerprint density at radius 2 is 1.36 bits per heavy atom. The molecule has 33 heavy (non-hydrogen) atoms. The van der Waals surface area contributed by atoms with Crippen LogP contribution >= 0.6 is 0 Å². The van der Waals surface area contributed by atoms with Crippen molar-refractivity contribution in [1.29, 1.82) is 0 Å². The van der Waals surface area contributed by atoms with Crippen LogP contribution in [0.1, 0.15) is 102 Å². The van der Waals surface area contributed by atoms with Gasteiger partial charge in [0.15, 0.2) is 5.75 Å². The minimum Gasteiger partial charge on any atom is -0.507 e. The molecule has 2 aromatic rings. The van der Waals surface area contributed by atoms with E-state index in [0.29, 0.717) is 12.0 Å². The van der Waals surface area contributed by atoms with Crippen molar-refractivity contribution in [3.8, 4) is 11.5 Å². The lowest BCUT2D eigenvalue weighted by Gasteiger charge is -2.11. The summed E-state index contributed by atoms with van der Waals surface area (Å²) in [5, 5.41) is 21.7. The number of hydrogen-bond acceptors (Lipinski definition) is 4. The second-order valence-electron chi connectivity index (χ2n) is 8.97. The Hall–Kier alpha value is -2.56. The van der Waals surface area contributed by atoms with Gasteiger partial charge in [-0.15, -0.1) is 0 Å². The molecule has 2 rings (SSSR count). The summed E-state index contributed by atoms with van der Waals surface area (Å²) in [4.78, 5) is 10.9. The molecule has 5 nitrogen and oxygen atoms in total. The molecule has 182 valence electrons. The number of rotatable bonds is 18. The van der Waals surface area contributed by atoms with E-state index in [1.165, 1.54) is 76.7 Å². The van der Waals surface area contributed by atoms with E-state index in [2.05, 4.69) is 6.92 Å². The van der Waals surface area contributed by atoms with Gasteiger partial charge in [0.2, 0.25) is 0 Å². The van der Waals surface area contributed by atoms with Crippen molar-refractivity contribution in [1.82, 2.24) is 0 Å². The number of benzene rings is 2. The van der Waals surface area contributed by atoms with Gasteiger partial charge in [0.25, 0.3) is 0 Å². The number of aryl methyl sites for hydroxylation is 1. The van der Waals surface area contributed by atoms with Crippen molar-refractivity contribution in [3.63, 3.8) is 0 Å². The van der Waals surface area contributed by atoms with E-state index < -0.39 is 4.92 Å². The number of nitro benzene ring substituents is 1. The predicted molar refractivity (Wildman–Crippen MR) is 135 cm³/mol. The Labute approximate surface area is 199 Å². The molecule has 1 N–H and O–H groups in total. The van der Waals surface area contributed by atoms with Crippen molar-refractivity contribution >= 4 is 5.69 Å². The van der Waals surface area contributed by atoms with Gasteiger partial charge in [-0.2, -0.15) is 0 Å². The van der Waals surface area contributed by atoms with Crippen molar-refractivity contribution in [2.45, 2.75) is 103 Å². The van der Waals surface area contributed by atoms with Crippen LogP contribution in [0.15, 0.2) is 42.5 Å². The van der Waals surface area contributed by atoms with Crippen molar-refractivity contribution < 1.29 is 14.8 Å². The summed E-state index contributed by atoms with van der Waals surface area (Å²) in [6, 6.07) is 12.4. The zero-order valence-electron chi connectivity index (χ0n) is 20.3. The highest BCUT2D eigenvalue weighted by Gasteiger charge is 2.19. The molecule has 0 aliphatic carbocycles. The van der Waals surface area contributed by atoms with Crippen LogP contribution in [0, 0.1) is 10.1 Å². The van der Waals surface area contributed by atoms with Crippen LogP contribution < -0.4 is 4.74 Å². The van der Waals surface area contributed by atoms with Crippen LogP contribution in [-0.2, 0) is 13.0 Å². The maximum atomic E-state index is 11.4. The van der Waals surface area contributed by atoms with Crippen molar-refractivity contribution in [2.24, 2.45) is 0 Å². The van der Waals surface area contributed by atoms with Crippen LogP contribution in [0.3, 0.4) is 0 Å². The fourth-order valence-electron chi connectivity index (χ4n) is 4.13. The number of phenols is 1. The first kappa shape index (κ1) is 26.7. The molecule has 5 heteroatoms. The van der Waals surface area contributed by atoms with Crippen molar-refractivity contribution in [3.05, 3.63) is 63.7 Å². The normalized spacial score (nSPS) is 10.9. The largest absolute Gasteiger partial charge is 0.507 e. The Morgan fingerprint density at radius 1 is 0.818 bits per heavy atom. The third-order valence-corrected chi connectivity index (χ3v) is 6.14. The topological polar surface area (TPSA) is 72.6 Å². The molecule has 0 saturated carbocycles. The Balaban J connectivity index is 1.68. The summed E-state index contributed by atoms with van der Waals surface area (Å²) < 4.78 is 5.75. The maximum Gasteiger partial charge on any atom is 0.314 e. The molecule has 0 spiro atoms. The predicted octanol–water partition coefficient (Wildman–Crippen LogP) is 8.51. The summed E-state index contributed by atoms with van der Waals surface area (Å²) in [5.41, 5.74) is 1.46. The molecule has 0 bridgehead atoms. The second-order valence-corrected chi connectivity index (χ2v) is 8.97. The minimum atomic E-state index is -0.505. The van der Waals surface area contributed by atoms with E-state index >= 15 is 0 Å². The van der Waals surface area contributed by atoms with Crippen LogP contribution in [-0.4, -0.2) is 10.0 Å². The molecule has 0 amide bonds. The molecule has 0 aliphatic heterocycles. The van der Waals surface area contributed by atoms with E-state index in [1.807, 2.05) is 30.3 Å². The molecule has 0 atom stereocenters. The Bertz CT molecular complexity index is 807. The first-order valence-electron chi connectivity index (χ1n) is 12.8. The summed E-state index contributed by atoms with van der Waals surface area (Å²) in [7, 11) is 0. The van der Waals surface area contributed by atoms with Gasteiger partial charge in [0.05, 0.1) is 11.0 Å². The summed E-state index contributed by atoms with van der Waals surface area (Å²) in [6.45, 7) is 2.51. The van der Waals surface area contributed by atoms with Gasteiger partial charge in [0.1, 0.15) is 12.4 Å². The SMILES string of the molecule is CCCCCCCCCCCCCCCc1cc(OCc2ccccc2)c([N+](=O)[O-])cc1O. The molecule has 0 aromatic heterocycles. The molecule has 2 aromatic carbocycles. The second kappa shape index (κ2) is 16.1. The smallest absolute Gasteiger partial charge is 0.314 e. The summed E-state index contributed by atoms with van der Waals surface area (Å²) >= 11 is 0. The quantitative estimate of drug-likeness (QED) is 0.139. The minimum absolute atomic E-state index is 0.0207. The highest BCUT2D eigenvalue weighted by molar-refractivity contribution is 5.54.